The molecule has 1 N–H and O–H groups in total. The van der Waals surface area contributed by atoms with Crippen LogP contribution in [-0.4, -0.2) is 24.9 Å². The Hall–Kier alpha value is -0.940. The number of nitrogens with zero attached hydrogens (tertiary/aromatic N) is 1. The van der Waals surface area contributed by atoms with Crippen molar-refractivity contribution in [2.75, 3.05) is 18.5 Å². The van der Waals surface area contributed by atoms with Crippen molar-refractivity contribution in [2.45, 2.75) is 12.8 Å². The molecule has 0 bridgehead atoms. The van der Waals surface area contributed by atoms with Crippen molar-refractivity contribution in [3.05, 3.63) is 28.8 Å². The Kier molecular flexibility index (Phi) is 4.04. The molecule has 0 aromatic heterocycles. The summed E-state index contributed by atoms with van der Waals surface area (Å²) >= 11 is 5.81. The molecule has 0 fully saturated rings. The number of hydrogen-bond acceptors (Lipinski definition) is 2. The molecule has 2 nitrogen and oxygen atoms in total. The molecule has 0 saturated heterocycles. The zero-order valence-corrected chi connectivity index (χ0v) is 9.31. The number of hydrogen-bond donors (Lipinski definition) is 1. The summed E-state index contributed by atoms with van der Waals surface area (Å²) in [5, 5.41) is 9.02. The summed E-state index contributed by atoms with van der Waals surface area (Å²) in [6.45, 7) is -1.26. The third kappa shape index (κ3) is 3.57. The summed E-state index contributed by atoms with van der Waals surface area (Å²) in [4.78, 5) is 1.02. The maximum Gasteiger partial charge on any atom is 0.405 e. The van der Waals surface area contributed by atoms with E-state index in [-0.39, 0.29) is 17.3 Å². The van der Waals surface area contributed by atoms with Gasteiger partial charge in [-0.05, 0) is 17.7 Å². The molecular formula is C10H11ClF3NO. The average molecular weight is 254 g/mol. The standard InChI is InChI=1S/C10H11ClF3NO/c1-15(6-10(12,13)14)9-3-2-7(5-16)4-8(9)11/h2-4,16H,5-6H2,1H3. The van der Waals surface area contributed by atoms with Gasteiger partial charge in [0.05, 0.1) is 17.3 Å². The number of anilines is 1. The predicted molar refractivity (Wildman–Crippen MR) is 56.7 cm³/mol. The molecule has 16 heavy (non-hydrogen) atoms. The molecule has 1 aromatic carbocycles. The first-order valence-electron chi connectivity index (χ1n) is 4.50. The molecule has 0 saturated carbocycles. The van der Waals surface area contributed by atoms with Gasteiger partial charge in [0.2, 0.25) is 0 Å². The molecule has 0 aliphatic rings. The fourth-order valence-electron chi connectivity index (χ4n) is 1.31. The molecule has 1 aromatic rings. The first kappa shape index (κ1) is 13.1. The number of benzene rings is 1. The van der Waals surface area contributed by atoms with E-state index < -0.39 is 12.7 Å². The molecule has 0 aliphatic carbocycles. The van der Waals surface area contributed by atoms with Crippen molar-refractivity contribution in [1.82, 2.24) is 0 Å². The number of rotatable bonds is 3. The van der Waals surface area contributed by atoms with Gasteiger partial charge >= 0.3 is 6.18 Å². The molecule has 0 aliphatic heterocycles. The second kappa shape index (κ2) is 4.93. The zero-order valence-electron chi connectivity index (χ0n) is 8.55. The van der Waals surface area contributed by atoms with E-state index in [0.29, 0.717) is 5.56 Å². The van der Waals surface area contributed by atoms with E-state index in [2.05, 4.69) is 0 Å². The average Bonchev–Trinajstić information content (AvgIpc) is 2.14. The highest BCUT2D eigenvalue weighted by Gasteiger charge is 2.29. The molecule has 0 atom stereocenters. The summed E-state index contributed by atoms with van der Waals surface area (Å²) in [7, 11) is 1.31. The molecule has 0 radical (unpaired) electrons. The minimum Gasteiger partial charge on any atom is -0.392 e. The van der Waals surface area contributed by atoms with Crippen LogP contribution in [0.25, 0.3) is 0 Å². The molecule has 90 valence electrons. The van der Waals surface area contributed by atoms with Gasteiger partial charge in [0.1, 0.15) is 6.54 Å². The third-order valence-electron chi connectivity index (χ3n) is 2.02. The topological polar surface area (TPSA) is 23.5 Å². The van der Waals surface area contributed by atoms with Crippen LogP contribution in [0.1, 0.15) is 5.56 Å². The van der Waals surface area contributed by atoms with Crippen LogP contribution < -0.4 is 4.90 Å². The Morgan fingerprint density at radius 3 is 2.44 bits per heavy atom. The molecule has 0 amide bonds. The van der Waals surface area contributed by atoms with Crippen LogP contribution in [0, 0.1) is 0 Å². The first-order valence-corrected chi connectivity index (χ1v) is 4.88. The quantitative estimate of drug-likeness (QED) is 0.895. The maximum absolute atomic E-state index is 12.1. The fraction of sp³-hybridized carbons (Fsp3) is 0.400. The molecular weight excluding hydrogens is 243 g/mol. The Morgan fingerprint density at radius 2 is 2.00 bits per heavy atom. The van der Waals surface area contributed by atoms with Gasteiger partial charge in [0.15, 0.2) is 0 Å². The van der Waals surface area contributed by atoms with E-state index >= 15 is 0 Å². The monoisotopic (exact) mass is 253 g/mol. The van der Waals surface area contributed by atoms with E-state index in [0.717, 1.165) is 4.90 Å². The summed E-state index contributed by atoms with van der Waals surface area (Å²) in [6, 6.07) is 4.44. The molecule has 1 rings (SSSR count). The largest absolute Gasteiger partial charge is 0.405 e. The van der Waals surface area contributed by atoms with Crippen molar-refractivity contribution in [1.29, 1.82) is 0 Å². The van der Waals surface area contributed by atoms with Crippen molar-refractivity contribution < 1.29 is 18.3 Å². The summed E-state index contributed by atoms with van der Waals surface area (Å²) < 4.78 is 36.4. The lowest BCUT2D eigenvalue weighted by Gasteiger charge is -2.22. The lowest BCUT2D eigenvalue weighted by atomic mass is 10.2. The van der Waals surface area contributed by atoms with Crippen LogP contribution in [0.5, 0.6) is 0 Å². The Labute approximate surface area is 96.2 Å². The van der Waals surface area contributed by atoms with Crippen LogP contribution in [-0.2, 0) is 6.61 Å². The van der Waals surface area contributed by atoms with E-state index in [1.165, 1.54) is 25.2 Å². The van der Waals surface area contributed by atoms with Gasteiger partial charge in [-0.15, -0.1) is 0 Å². The Bertz CT molecular complexity index is 368. The van der Waals surface area contributed by atoms with Gasteiger partial charge in [0.25, 0.3) is 0 Å². The first-order chi connectivity index (χ1) is 7.33. The summed E-state index contributed by atoms with van der Waals surface area (Å²) in [6.07, 6.45) is -4.27. The van der Waals surface area contributed by atoms with Gasteiger partial charge in [-0.25, -0.2) is 0 Å². The number of halogens is 4. The highest BCUT2D eigenvalue weighted by molar-refractivity contribution is 6.33. The minimum atomic E-state index is -4.27. The molecule has 0 unspecified atom stereocenters. The number of alkyl halides is 3. The van der Waals surface area contributed by atoms with Gasteiger partial charge in [0, 0.05) is 7.05 Å². The van der Waals surface area contributed by atoms with Crippen molar-refractivity contribution in [2.24, 2.45) is 0 Å². The second-order valence-electron chi connectivity index (χ2n) is 3.42. The second-order valence-corrected chi connectivity index (χ2v) is 3.82. The molecule has 6 heteroatoms. The smallest absolute Gasteiger partial charge is 0.392 e. The Morgan fingerprint density at radius 1 is 1.38 bits per heavy atom. The van der Waals surface area contributed by atoms with E-state index in [9.17, 15) is 13.2 Å². The van der Waals surface area contributed by atoms with Gasteiger partial charge in [-0.2, -0.15) is 13.2 Å². The van der Waals surface area contributed by atoms with Gasteiger partial charge in [-0.1, -0.05) is 17.7 Å². The normalized spacial score (nSPS) is 11.6. The lowest BCUT2D eigenvalue weighted by molar-refractivity contribution is -0.119. The van der Waals surface area contributed by atoms with E-state index in [4.69, 9.17) is 16.7 Å². The zero-order chi connectivity index (χ0) is 12.3. The Balaban J connectivity index is 2.88. The van der Waals surface area contributed by atoms with E-state index in [1.54, 1.807) is 0 Å². The third-order valence-corrected chi connectivity index (χ3v) is 2.33. The predicted octanol–water partition coefficient (Wildman–Crippen LogP) is 2.83. The van der Waals surface area contributed by atoms with Crippen LogP contribution in [0.2, 0.25) is 5.02 Å². The van der Waals surface area contributed by atoms with Gasteiger partial charge in [-0.3, -0.25) is 0 Å². The minimum absolute atomic E-state index is 0.191. The van der Waals surface area contributed by atoms with E-state index in [1.807, 2.05) is 0 Å². The highest BCUT2D eigenvalue weighted by Crippen LogP contribution is 2.28. The lowest BCUT2D eigenvalue weighted by Crippen LogP contribution is -2.31. The van der Waals surface area contributed by atoms with Crippen LogP contribution >= 0.6 is 11.6 Å². The summed E-state index contributed by atoms with van der Waals surface area (Å²) in [5.74, 6) is 0. The SMILES string of the molecule is CN(CC(F)(F)F)c1ccc(CO)cc1Cl. The fourth-order valence-corrected chi connectivity index (χ4v) is 1.66. The van der Waals surface area contributed by atoms with Crippen molar-refractivity contribution in [3.63, 3.8) is 0 Å². The number of aliphatic hydroxyl groups is 1. The molecule has 0 heterocycles. The highest BCUT2D eigenvalue weighted by atomic mass is 35.5. The molecule has 0 spiro atoms. The van der Waals surface area contributed by atoms with Crippen molar-refractivity contribution in [3.8, 4) is 0 Å². The van der Waals surface area contributed by atoms with Crippen molar-refractivity contribution >= 4 is 17.3 Å². The van der Waals surface area contributed by atoms with Crippen LogP contribution in [0.3, 0.4) is 0 Å². The maximum atomic E-state index is 12.1. The van der Waals surface area contributed by atoms with Gasteiger partial charge < -0.3 is 10.0 Å². The van der Waals surface area contributed by atoms with Crippen LogP contribution in [0.15, 0.2) is 18.2 Å². The summed E-state index contributed by atoms with van der Waals surface area (Å²) in [5.41, 5.74) is 0.852. The number of aliphatic hydroxyl groups excluding tert-OH is 1. The van der Waals surface area contributed by atoms with Crippen LogP contribution in [0.4, 0.5) is 18.9 Å².